The molecule has 1 heterocycles. The van der Waals surface area contributed by atoms with Crippen LogP contribution in [0, 0.1) is 5.92 Å². The number of carboxylic acids is 1. The summed E-state index contributed by atoms with van der Waals surface area (Å²) in [6.45, 7) is -1.48. The predicted octanol–water partition coefficient (Wildman–Crippen LogP) is 6.33. The molecule has 4 rings (SSSR count). The van der Waals surface area contributed by atoms with E-state index in [0.29, 0.717) is 48.1 Å². The summed E-state index contributed by atoms with van der Waals surface area (Å²) in [7, 11) is 0. The Hall–Kier alpha value is -4.33. The minimum atomic E-state index is -4.84. The van der Waals surface area contributed by atoms with Gasteiger partial charge < -0.3 is 26.0 Å². The van der Waals surface area contributed by atoms with E-state index in [2.05, 4.69) is 9.97 Å². The Bertz CT molecular complexity index is 1460. The number of nitrogens with zero attached hydrogens (tertiary/aromatic N) is 2. The van der Waals surface area contributed by atoms with E-state index in [1.807, 2.05) is 6.08 Å². The molecular weight excluding hydrogens is 582 g/mol. The van der Waals surface area contributed by atoms with Crippen molar-refractivity contribution in [3.63, 3.8) is 0 Å². The summed E-state index contributed by atoms with van der Waals surface area (Å²) in [5, 5.41) is 9.03. The van der Waals surface area contributed by atoms with E-state index in [1.54, 1.807) is 6.07 Å². The van der Waals surface area contributed by atoms with Crippen LogP contribution in [-0.2, 0) is 4.79 Å². The molecule has 3 atom stereocenters. The lowest BCUT2D eigenvalue weighted by Gasteiger charge is -2.24. The van der Waals surface area contributed by atoms with Crippen LogP contribution in [0.2, 0.25) is 0 Å². The van der Waals surface area contributed by atoms with Crippen molar-refractivity contribution in [1.82, 2.24) is 9.97 Å². The first kappa shape index (κ1) is 31.6. The molecular formula is C29H28F6N4O4. The highest BCUT2D eigenvalue weighted by Gasteiger charge is 2.43. The summed E-state index contributed by atoms with van der Waals surface area (Å²) in [5.41, 5.74) is 13.1. The predicted molar refractivity (Wildman–Crippen MR) is 145 cm³/mol. The molecule has 2 aromatic carbocycles. The normalized spacial score (nSPS) is 17.1. The third kappa shape index (κ3) is 8.83. The second kappa shape index (κ2) is 12.9. The van der Waals surface area contributed by atoms with Crippen LogP contribution in [0.5, 0.6) is 11.6 Å². The Balaban J connectivity index is 1.51. The van der Waals surface area contributed by atoms with Crippen molar-refractivity contribution in [2.75, 3.05) is 12.3 Å². The van der Waals surface area contributed by atoms with Crippen molar-refractivity contribution >= 4 is 17.5 Å². The minimum absolute atomic E-state index is 0.0391. The smallest absolute Gasteiger partial charge is 0.429 e. The molecule has 0 aliphatic heterocycles. The highest BCUT2D eigenvalue weighted by molar-refractivity contribution is 5.73. The van der Waals surface area contributed by atoms with E-state index in [4.69, 9.17) is 26.0 Å². The Morgan fingerprint density at radius 1 is 1.02 bits per heavy atom. The van der Waals surface area contributed by atoms with Crippen molar-refractivity contribution < 1.29 is 45.7 Å². The molecule has 3 aromatic rings. The molecule has 1 aliphatic carbocycles. The zero-order chi connectivity index (χ0) is 31.4. The zero-order valence-corrected chi connectivity index (χ0v) is 22.5. The van der Waals surface area contributed by atoms with Crippen LogP contribution >= 0.6 is 0 Å². The van der Waals surface area contributed by atoms with Gasteiger partial charge in [-0.05, 0) is 60.4 Å². The average Bonchev–Trinajstić information content (AvgIpc) is 2.94. The molecule has 0 saturated carbocycles. The van der Waals surface area contributed by atoms with Crippen molar-refractivity contribution in [2.45, 2.75) is 50.2 Å². The van der Waals surface area contributed by atoms with Crippen molar-refractivity contribution in [1.29, 1.82) is 0 Å². The SMILES string of the molecule is Nc1nc(O[C@H](c2ccc(-c3cccc(OCC(F)(F)F)c3)cc2)C(F)(F)F)cc(C2=CCC(C[C@H](N)C(=O)O)CC2)n1. The topological polar surface area (TPSA) is 134 Å². The van der Waals surface area contributed by atoms with Gasteiger partial charge in [-0.25, -0.2) is 4.98 Å². The van der Waals surface area contributed by atoms with E-state index >= 15 is 0 Å². The van der Waals surface area contributed by atoms with Gasteiger partial charge in [0, 0.05) is 11.6 Å². The largest absolute Gasteiger partial charge is 0.484 e. The molecule has 5 N–H and O–H groups in total. The van der Waals surface area contributed by atoms with Gasteiger partial charge >= 0.3 is 18.3 Å². The first-order valence-electron chi connectivity index (χ1n) is 13.1. The number of carboxylic acid groups (broad SMARTS) is 1. The number of aliphatic carboxylic acids is 1. The van der Waals surface area contributed by atoms with Crippen LogP contribution in [0.15, 0.2) is 60.7 Å². The lowest BCUT2D eigenvalue weighted by Crippen LogP contribution is -2.32. The monoisotopic (exact) mass is 610 g/mol. The van der Waals surface area contributed by atoms with E-state index < -0.39 is 37.1 Å². The fraction of sp³-hybridized carbons (Fsp3) is 0.345. The van der Waals surface area contributed by atoms with Gasteiger partial charge in [-0.15, -0.1) is 0 Å². The number of allylic oxidation sites excluding steroid dienone is 2. The lowest BCUT2D eigenvalue weighted by atomic mass is 9.84. The molecule has 0 fully saturated rings. The van der Waals surface area contributed by atoms with Gasteiger partial charge in [0.25, 0.3) is 0 Å². The summed E-state index contributed by atoms with van der Waals surface area (Å²) in [6.07, 6.45) is -8.03. The van der Waals surface area contributed by atoms with E-state index in [0.717, 1.165) is 0 Å². The molecule has 8 nitrogen and oxygen atoms in total. The fourth-order valence-electron chi connectivity index (χ4n) is 4.69. The Morgan fingerprint density at radius 2 is 1.74 bits per heavy atom. The number of halogens is 6. The van der Waals surface area contributed by atoms with Crippen LogP contribution in [0.4, 0.5) is 32.3 Å². The summed E-state index contributed by atoms with van der Waals surface area (Å²) >= 11 is 0. The van der Waals surface area contributed by atoms with Crippen LogP contribution in [-0.4, -0.2) is 46.0 Å². The molecule has 230 valence electrons. The third-order valence-corrected chi connectivity index (χ3v) is 6.79. The molecule has 1 unspecified atom stereocenters. The van der Waals surface area contributed by atoms with E-state index in [9.17, 15) is 31.1 Å². The second-order valence-electron chi connectivity index (χ2n) is 10.1. The van der Waals surface area contributed by atoms with Crippen molar-refractivity contribution in [3.05, 3.63) is 71.9 Å². The number of rotatable bonds is 10. The molecule has 14 heteroatoms. The number of nitrogens with two attached hydrogens (primary N) is 2. The van der Waals surface area contributed by atoms with Gasteiger partial charge in [-0.3, -0.25) is 4.79 Å². The van der Waals surface area contributed by atoms with Crippen molar-refractivity contribution in [2.24, 2.45) is 11.7 Å². The Labute approximate surface area is 242 Å². The number of hydrogen-bond acceptors (Lipinski definition) is 7. The number of aromatic nitrogens is 2. The van der Waals surface area contributed by atoms with E-state index in [-0.39, 0.29) is 29.1 Å². The summed E-state index contributed by atoms with van der Waals surface area (Å²) in [6, 6.07) is 11.2. The molecule has 0 bridgehead atoms. The molecule has 43 heavy (non-hydrogen) atoms. The zero-order valence-electron chi connectivity index (χ0n) is 22.5. The maximum atomic E-state index is 14.1. The maximum absolute atomic E-state index is 14.1. The van der Waals surface area contributed by atoms with Crippen LogP contribution < -0.4 is 20.9 Å². The summed E-state index contributed by atoms with van der Waals surface area (Å²) in [5.74, 6) is -1.76. The third-order valence-electron chi connectivity index (χ3n) is 6.79. The Kier molecular flexibility index (Phi) is 9.48. The van der Waals surface area contributed by atoms with Gasteiger partial charge in [-0.2, -0.15) is 31.3 Å². The highest BCUT2D eigenvalue weighted by Crippen LogP contribution is 2.39. The van der Waals surface area contributed by atoms with Gasteiger partial charge in [0.05, 0.1) is 5.69 Å². The second-order valence-corrected chi connectivity index (χ2v) is 10.1. The van der Waals surface area contributed by atoms with Crippen LogP contribution in [0.25, 0.3) is 16.7 Å². The summed E-state index contributed by atoms with van der Waals surface area (Å²) < 4.78 is 89.9. The number of nitrogen functional groups attached to an aromatic ring is 1. The summed E-state index contributed by atoms with van der Waals surface area (Å²) in [4.78, 5) is 19.0. The molecule has 0 radical (unpaired) electrons. The first-order valence-corrected chi connectivity index (χ1v) is 13.1. The van der Waals surface area contributed by atoms with Crippen LogP contribution in [0.3, 0.4) is 0 Å². The van der Waals surface area contributed by atoms with Crippen LogP contribution in [0.1, 0.15) is 43.0 Å². The number of hydrogen-bond donors (Lipinski definition) is 3. The Morgan fingerprint density at radius 3 is 2.35 bits per heavy atom. The van der Waals surface area contributed by atoms with Gasteiger partial charge in [0.15, 0.2) is 6.61 Å². The number of alkyl halides is 6. The molecule has 1 aliphatic rings. The molecule has 0 amide bonds. The maximum Gasteiger partial charge on any atom is 0.429 e. The lowest BCUT2D eigenvalue weighted by molar-refractivity contribution is -0.198. The highest BCUT2D eigenvalue weighted by atomic mass is 19.4. The molecule has 1 aromatic heterocycles. The minimum Gasteiger partial charge on any atom is -0.484 e. The molecule has 0 spiro atoms. The average molecular weight is 611 g/mol. The number of benzene rings is 2. The van der Waals surface area contributed by atoms with Gasteiger partial charge in [-0.1, -0.05) is 42.5 Å². The number of anilines is 1. The standard InChI is InChI=1S/C29H28F6N4O4/c30-28(31,32)15-42-21-3-1-2-20(13-21)17-8-10-19(11-9-17)25(29(33,34)35)43-24-14-23(38-27(37)39-24)18-6-4-16(5-7-18)12-22(36)26(40)41/h1-3,6,8-11,13-14,16,22,25H,4-5,7,12,15,36H2,(H,40,41)(H2,37,38,39)/t16?,22-,25+/m0/s1. The number of carbonyl (C=O) groups is 1. The van der Waals surface area contributed by atoms with E-state index in [1.165, 1.54) is 48.5 Å². The van der Waals surface area contributed by atoms with Gasteiger partial charge in [0.1, 0.15) is 11.8 Å². The quantitative estimate of drug-likeness (QED) is 0.227. The number of ether oxygens (including phenoxy) is 2. The fourth-order valence-corrected chi connectivity index (χ4v) is 4.69. The van der Waals surface area contributed by atoms with Crippen molar-refractivity contribution in [3.8, 4) is 22.8 Å². The van der Waals surface area contributed by atoms with Gasteiger partial charge in [0.2, 0.25) is 17.9 Å². The first-order chi connectivity index (χ1) is 20.2. The molecule has 0 saturated heterocycles.